The Labute approximate surface area is 190 Å². The molecular formula is C26H34N2O4. The number of nitrogens with zero attached hydrogens (tertiary/aromatic N) is 1. The highest BCUT2D eigenvalue weighted by Gasteiger charge is 2.35. The van der Waals surface area contributed by atoms with Crippen molar-refractivity contribution in [2.24, 2.45) is 5.92 Å². The van der Waals surface area contributed by atoms with Gasteiger partial charge in [-0.15, -0.1) is 0 Å². The Bertz CT molecular complexity index is 896. The van der Waals surface area contributed by atoms with E-state index in [4.69, 9.17) is 9.47 Å². The van der Waals surface area contributed by atoms with Gasteiger partial charge in [0.15, 0.2) is 0 Å². The Morgan fingerprint density at radius 2 is 1.88 bits per heavy atom. The van der Waals surface area contributed by atoms with E-state index in [1.165, 1.54) is 5.56 Å². The lowest BCUT2D eigenvalue weighted by molar-refractivity contribution is -0.141. The van der Waals surface area contributed by atoms with Crippen molar-refractivity contribution in [1.29, 1.82) is 0 Å². The van der Waals surface area contributed by atoms with Crippen LogP contribution in [0.15, 0.2) is 48.5 Å². The fourth-order valence-corrected chi connectivity index (χ4v) is 4.20. The lowest BCUT2D eigenvalue weighted by Gasteiger charge is -2.31. The molecule has 2 aromatic rings. The van der Waals surface area contributed by atoms with Gasteiger partial charge in [-0.3, -0.25) is 4.79 Å². The molecule has 1 aliphatic rings. The van der Waals surface area contributed by atoms with Crippen LogP contribution in [0.1, 0.15) is 50.7 Å². The van der Waals surface area contributed by atoms with Gasteiger partial charge in [0.05, 0.1) is 12.5 Å². The molecule has 0 saturated carbocycles. The second-order valence-electron chi connectivity index (χ2n) is 8.15. The SMILES string of the molecule is CCN(CC)c1ccc2c(c1)OC(=O)C(CCOC(=O)NCCCc1ccccc1)C2C. The van der Waals surface area contributed by atoms with Gasteiger partial charge in [0.25, 0.3) is 0 Å². The average molecular weight is 439 g/mol. The zero-order valence-corrected chi connectivity index (χ0v) is 19.3. The van der Waals surface area contributed by atoms with Crippen molar-refractivity contribution in [2.75, 3.05) is 31.1 Å². The number of carbonyl (C=O) groups is 2. The van der Waals surface area contributed by atoms with E-state index >= 15 is 0 Å². The third kappa shape index (κ3) is 6.02. The van der Waals surface area contributed by atoms with Crippen LogP contribution in [0.3, 0.4) is 0 Å². The van der Waals surface area contributed by atoms with E-state index in [-0.39, 0.29) is 24.4 Å². The number of esters is 1. The molecule has 0 aromatic heterocycles. The van der Waals surface area contributed by atoms with Crippen molar-refractivity contribution >= 4 is 17.7 Å². The average Bonchev–Trinajstić information content (AvgIpc) is 2.80. The Kier molecular flexibility index (Phi) is 8.54. The molecule has 0 radical (unpaired) electrons. The van der Waals surface area contributed by atoms with Crippen LogP contribution in [0.2, 0.25) is 0 Å². The summed E-state index contributed by atoms with van der Waals surface area (Å²) >= 11 is 0. The van der Waals surface area contributed by atoms with Crippen LogP contribution in [0.25, 0.3) is 0 Å². The zero-order valence-electron chi connectivity index (χ0n) is 19.3. The van der Waals surface area contributed by atoms with Gasteiger partial charge in [0.2, 0.25) is 0 Å². The number of ether oxygens (including phenoxy) is 2. The molecule has 1 amide bonds. The minimum absolute atomic E-state index is 0.00883. The second-order valence-corrected chi connectivity index (χ2v) is 8.15. The van der Waals surface area contributed by atoms with Gasteiger partial charge in [-0.05, 0) is 56.2 Å². The number of hydrogen-bond acceptors (Lipinski definition) is 5. The molecule has 0 bridgehead atoms. The first kappa shape index (κ1) is 23.6. The molecule has 2 atom stereocenters. The Morgan fingerprint density at radius 1 is 1.12 bits per heavy atom. The van der Waals surface area contributed by atoms with E-state index in [1.807, 2.05) is 37.3 Å². The minimum atomic E-state index is -0.445. The number of carbonyl (C=O) groups excluding carboxylic acids is 2. The largest absolute Gasteiger partial charge is 0.450 e. The molecule has 172 valence electrons. The van der Waals surface area contributed by atoms with Crippen LogP contribution >= 0.6 is 0 Å². The van der Waals surface area contributed by atoms with Crippen molar-refractivity contribution in [3.8, 4) is 5.75 Å². The quantitative estimate of drug-likeness (QED) is 0.324. The molecule has 0 saturated heterocycles. The number of fused-ring (bicyclic) bond motifs is 1. The highest BCUT2D eigenvalue weighted by atomic mass is 16.6. The highest BCUT2D eigenvalue weighted by molar-refractivity contribution is 5.80. The Balaban J connectivity index is 1.44. The number of aryl methyl sites for hydroxylation is 1. The lowest BCUT2D eigenvalue weighted by Crippen LogP contribution is -2.33. The van der Waals surface area contributed by atoms with Crippen LogP contribution < -0.4 is 15.0 Å². The van der Waals surface area contributed by atoms with Crippen molar-refractivity contribution < 1.29 is 19.1 Å². The number of nitrogens with one attached hydrogen (secondary N) is 1. The summed E-state index contributed by atoms with van der Waals surface area (Å²) in [5.74, 6) is 0.0658. The van der Waals surface area contributed by atoms with Crippen molar-refractivity contribution in [2.45, 2.75) is 46.0 Å². The molecule has 3 rings (SSSR count). The third-order valence-corrected chi connectivity index (χ3v) is 6.15. The summed E-state index contributed by atoms with van der Waals surface area (Å²) in [6, 6.07) is 16.2. The summed E-state index contributed by atoms with van der Waals surface area (Å²) in [6.45, 7) is 8.77. The summed E-state index contributed by atoms with van der Waals surface area (Å²) < 4.78 is 10.9. The van der Waals surface area contributed by atoms with E-state index in [9.17, 15) is 9.59 Å². The van der Waals surface area contributed by atoms with Crippen LogP contribution in [0.5, 0.6) is 5.75 Å². The summed E-state index contributed by atoms with van der Waals surface area (Å²) in [7, 11) is 0. The standard InChI is InChI=1S/C26H34N2O4/c1-4-28(5-2)21-13-14-22-19(3)23(25(29)32-24(22)18-21)15-17-31-26(30)27-16-9-12-20-10-7-6-8-11-20/h6-8,10-11,13-14,18-19,23H,4-5,9,12,15-17H2,1-3H3,(H,27,30). The van der Waals surface area contributed by atoms with Gasteiger partial charge >= 0.3 is 12.1 Å². The predicted octanol–water partition coefficient (Wildman–Crippen LogP) is 4.92. The summed E-state index contributed by atoms with van der Waals surface area (Å²) in [4.78, 5) is 26.8. The molecule has 0 fully saturated rings. The molecule has 0 spiro atoms. The van der Waals surface area contributed by atoms with Crippen molar-refractivity contribution in [1.82, 2.24) is 5.32 Å². The van der Waals surface area contributed by atoms with Crippen molar-refractivity contribution in [3.05, 3.63) is 59.7 Å². The van der Waals surface area contributed by atoms with Crippen LogP contribution in [-0.2, 0) is 16.0 Å². The Hall–Kier alpha value is -3.02. The molecule has 6 heteroatoms. The normalized spacial score (nSPS) is 17.3. The fraction of sp³-hybridized carbons (Fsp3) is 0.462. The lowest BCUT2D eigenvalue weighted by atomic mass is 9.83. The molecule has 6 nitrogen and oxygen atoms in total. The molecule has 32 heavy (non-hydrogen) atoms. The number of amides is 1. The number of anilines is 1. The smallest absolute Gasteiger partial charge is 0.407 e. The first-order valence-corrected chi connectivity index (χ1v) is 11.6. The van der Waals surface area contributed by atoms with E-state index in [2.05, 4.69) is 42.3 Å². The maximum absolute atomic E-state index is 12.6. The van der Waals surface area contributed by atoms with Crippen LogP contribution in [0, 0.1) is 5.92 Å². The maximum atomic E-state index is 12.6. The van der Waals surface area contributed by atoms with Crippen LogP contribution in [0.4, 0.5) is 10.5 Å². The predicted molar refractivity (Wildman–Crippen MR) is 126 cm³/mol. The third-order valence-electron chi connectivity index (χ3n) is 6.15. The molecule has 2 unspecified atom stereocenters. The molecule has 0 aliphatic carbocycles. The molecular weight excluding hydrogens is 404 g/mol. The molecule has 1 N–H and O–H groups in total. The summed E-state index contributed by atoms with van der Waals surface area (Å²) in [6.07, 6.45) is 1.74. The van der Waals surface area contributed by atoms with Crippen LogP contribution in [-0.4, -0.2) is 38.3 Å². The van der Waals surface area contributed by atoms with E-state index < -0.39 is 6.09 Å². The second kappa shape index (κ2) is 11.6. The molecule has 1 aliphatic heterocycles. The van der Waals surface area contributed by atoms with Crippen molar-refractivity contribution in [3.63, 3.8) is 0 Å². The fourth-order valence-electron chi connectivity index (χ4n) is 4.20. The Morgan fingerprint density at radius 3 is 2.59 bits per heavy atom. The van der Waals surface area contributed by atoms with Gasteiger partial charge in [-0.1, -0.05) is 43.3 Å². The molecule has 1 heterocycles. The monoisotopic (exact) mass is 438 g/mol. The van der Waals surface area contributed by atoms with Gasteiger partial charge in [-0.25, -0.2) is 4.79 Å². The highest BCUT2D eigenvalue weighted by Crippen LogP contribution is 2.40. The number of alkyl carbamates (subject to hydrolysis) is 1. The number of rotatable bonds is 10. The first-order valence-electron chi connectivity index (χ1n) is 11.6. The van der Waals surface area contributed by atoms with E-state index in [0.29, 0.717) is 18.7 Å². The maximum Gasteiger partial charge on any atom is 0.407 e. The first-order chi connectivity index (χ1) is 15.5. The van der Waals surface area contributed by atoms with Gasteiger partial charge in [0, 0.05) is 31.4 Å². The zero-order chi connectivity index (χ0) is 22.9. The van der Waals surface area contributed by atoms with E-state index in [0.717, 1.165) is 37.2 Å². The summed E-state index contributed by atoms with van der Waals surface area (Å²) in [5, 5.41) is 2.77. The molecule has 2 aromatic carbocycles. The topological polar surface area (TPSA) is 67.9 Å². The number of benzene rings is 2. The number of hydrogen-bond donors (Lipinski definition) is 1. The van der Waals surface area contributed by atoms with Gasteiger partial charge in [-0.2, -0.15) is 0 Å². The minimum Gasteiger partial charge on any atom is -0.450 e. The van der Waals surface area contributed by atoms with Gasteiger partial charge in [0.1, 0.15) is 5.75 Å². The summed E-state index contributed by atoms with van der Waals surface area (Å²) in [5.41, 5.74) is 3.33. The van der Waals surface area contributed by atoms with E-state index in [1.54, 1.807) is 0 Å². The van der Waals surface area contributed by atoms with Gasteiger partial charge < -0.3 is 19.7 Å².